The molecule has 4 nitrogen and oxygen atoms in total. The number of hydrogen-bond donors (Lipinski definition) is 1. The molecule has 0 radical (unpaired) electrons. The fourth-order valence-electron chi connectivity index (χ4n) is 2.55. The van der Waals surface area contributed by atoms with Crippen LogP contribution in [0.4, 0.5) is 0 Å². The number of amides is 1. The molecular weight excluding hydrogens is 278 g/mol. The van der Waals surface area contributed by atoms with E-state index in [4.69, 9.17) is 9.47 Å². The van der Waals surface area contributed by atoms with Crippen LogP contribution in [0.5, 0.6) is 11.5 Å². The van der Waals surface area contributed by atoms with Crippen LogP contribution in [0.3, 0.4) is 0 Å². The van der Waals surface area contributed by atoms with E-state index in [1.54, 1.807) is 20.1 Å². The van der Waals surface area contributed by atoms with Crippen molar-refractivity contribution >= 4 is 5.91 Å². The van der Waals surface area contributed by atoms with Gasteiger partial charge in [0.1, 0.15) is 11.5 Å². The van der Waals surface area contributed by atoms with E-state index in [-0.39, 0.29) is 5.91 Å². The van der Waals surface area contributed by atoms with E-state index in [0.29, 0.717) is 18.0 Å². The van der Waals surface area contributed by atoms with Crippen LogP contribution >= 0.6 is 0 Å². The van der Waals surface area contributed by atoms with Crippen LogP contribution in [0.25, 0.3) is 0 Å². The van der Waals surface area contributed by atoms with E-state index in [2.05, 4.69) is 11.4 Å². The summed E-state index contributed by atoms with van der Waals surface area (Å²) >= 11 is 0. The first-order chi connectivity index (χ1) is 10.7. The molecule has 1 amide bonds. The van der Waals surface area contributed by atoms with Gasteiger partial charge in [-0.25, -0.2) is 0 Å². The molecule has 2 rings (SSSR count). The van der Waals surface area contributed by atoms with Crippen LogP contribution in [0, 0.1) is 0 Å². The van der Waals surface area contributed by atoms with Crippen molar-refractivity contribution in [3.63, 3.8) is 0 Å². The van der Waals surface area contributed by atoms with Gasteiger partial charge in [0.25, 0.3) is 5.91 Å². The standard InChI is InChI=1S/C18H25NO3/c1-14(22-17-10-6-9-16(13-17)21-2)18(20)19-12-11-15-7-4-3-5-8-15/h6-7,9-10,13-14H,3-5,8,11-12H2,1-2H3,(H,19,20)/t14-/m1/s1. The maximum atomic E-state index is 12.1. The lowest BCUT2D eigenvalue weighted by molar-refractivity contribution is -0.127. The van der Waals surface area contributed by atoms with Crippen LogP contribution in [-0.4, -0.2) is 25.7 Å². The minimum Gasteiger partial charge on any atom is -0.497 e. The van der Waals surface area contributed by atoms with Gasteiger partial charge in [-0.05, 0) is 51.2 Å². The van der Waals surface area contributed by atoms with Crippen molar-refractivity contribution in [3.05, 3.63) is 35.9 Å². The van der Waals surface area contributed by atoms with Gasteiger partial charge in [-0.2, -0.15) is 0 Å². The molecule has 0 saturated carbocycles. The average molecular weight is 303 g/mol. The van der Waals surface area contributed by atoms with Gasteiger partial charge in [0.2, 0.25) is 0 Å². The van der Waals surface area contributed by atoms with Crippen molar-refractivity contribution in [1.29, 1.82) is 0 Å². The molecule has 22 heavy (non-hydrogen) atoms. The fourth-order valence-corrected chi connectivity index (χ4v) is 2.55. The molecule has 1 atom stereocenters. The van der Waals surface area contributed by atoms with Gasteiger partial charge < -0.3 is 14.8 Å². The molecule has 0 bridgehead atoms. The van der Waals surface area contributed by atoms with Crippen LogP contribution in [-0.2, 0) is 4.79 Å². The largest absolute Gasteiger partial charge is 0.497 e. The van der Waals surface area contributed by atoms with Crippen molar-refractivity contribution in [2.24, 2.45) is 0 Å². The quantitative estimate of drug-likeness (QED) is 0.785. The normalized spacial score (nSPS) is 15.6. The molecule has 0 heterocycles. The Morgan fingerprint density at radius 3 is 2.86 bits per heavy atom. The highest BCUT2D eigenvalue weighted by atomic mass is 16.5. The minimum atomic E-state index is -0.521. The summed E-state index contributed by atoms with van der Waals surface area (Å²) in [5.74, 6) is 1.27. The number of benzene rings is 1. The van der Waals surface area contributed by atoms with Gasteiger partial charge in [-0.15, -0.1) is 0 Å². The number of nitrogens with one attached hydrogen (secondary N) is 1. The maximum absolute atomic E-state index is 12.1. The van der Waals surface area contributed by atoms with Crippen molar-refractivity contribution in [1.82, 2.24) is 5.32 Å². The highest BCUT2D eigenvalue weighted by molar-refractivity contribution is 5.80. The van der Waals surface area contributed by atoms with Crippen molar-refractivity contribution in [2.45, 2.75) is 45.1 Å². The molecule has 0 unspecified atom stereocenters. The fraction of sp³-hybridized carbons (Fsp3) is 0.500. The Bertz CT molecular complexity index is 525. The number of carbonyl (C=O) groups excluding carboxylic acids is 1. The molecule has 1 aromatic carbocycles. The van der Waals surface area contributed by atoms with Crippen LogP contribution < -0.4 is 14.8 Å². The Morgan fingerprint density at radius 2 is 2.14 bits per heavy atom. The van der Waals surface area contributed by atoms with Gasteiger partial charge in [0.05, 0.1) is 7.11 Å². The maximum Gasteiger partial charge on any atom is 0.260 e. The lowest BCUT2D eigenvalue weighted by Crippen LogP contribution is -2.36. The zero-order valence-electron chi connectivity index (χ0n) is 13.4. The first-order valence-corrected chi connectivity index (χ1v) is 7.95. The summed E-state index contributed by atoms with van der Waals surface area (Å²) in [6, 6.07) is 7.28. The second-order valence-electron chi connectivity index (χ2n) is 5.59. The lowest BCUT2D eigenvalue weighted by Gasteiger charge is -2.16. The monoisotopic (exact) mass is 303 g/mol. The first-order valence-electron chi connectivity index (χ1n) is 7.95. The van der Waals surface area contributed by atoms with Crippen molar-refractivity contribution < 1.29 is 14.3 Å². The van der Waals surface area contributed by atoms with Gasteiger partial charge in [-0.3, -0.25) is 4.79 Å². The van der Waals surface area contributed by atoms with Crippen molar-refractivity contribution in [3.8, 4) is 11.5 Å². The van der Waals surface area contributed by atoms with Crippen LogP contribution in [0.2, 0.25) is 0 Å². The van der Waals surface area contributed by atoms with Crippen LogP contribution in [0.1, 0.15) is 39.0 Å². The molecule has 0 spiro atoms. The molecule has 0 saturated heterocycles. The third-order valence-corrected chi connectivity index (χ3v) is 3.85. The van der Waals surface area contributed by atoms with Gasteiger partial charge in [0, 0.05) is 12.6 Å². The van der Waals surface area contributed by atoms with E-state index in [0.717, 1.165) is 6.42 Å². The molecule has 0 fully saturated rings. The number of ether oxygens (including phenoxy) is 2. The van der Waals surface area contributed by atoms with E-state index in [9.17, 15) is 4.79 Å². The minimum absolute atomic E-state index is 0.0840. The summed E-state index contributed by atoms with van der Waals surface area (Å²) in [6.45, 7) is 2.44. The number of carbonyl (C=O) groups is 1. The summed E-state index contributed by atoms with van der Waals surface area (Å²) in [7, 11) is 1.61. The highest BCUT2D eigenvalue weighted by Gasteiger charge is 2.14. The average Bonchev–Trinajstić information content (AvgIpc) is 2.56. The van der Waals surface area contributed by atoms with E-state index in [1.807, 2.05) is 18.2 Å². The zero-order valence-corrected chi connectivity index (χ0v) is 13.4. The Balaban J connectivity index is 1.75. The van der Waals surface area contributed by atoms with Gasteiger partial charge in [0.15, 0.2) is 6.10 Å². The molecule has 120 valence electrons. The SMILES string of the molecule is COc1cccc(O[C@H](C)C(=O)NCCC2=CCCCC2)c1. The van der Waals surface area contributed by atoms with E-state index < -0.39 is 6.10 Å². The van der Waals surface area contributed by atoms with Gasteiger partial charge >= 0.3 is 0 Å². The second kappa shape index (κ2) is 8.47. The second-order valence-corrected chi connectivity index (χ2v) is 5.59. The lowest BCUT2D eigenvalue weighted by atomic mass is 9.97. The first kappa shape index (κ1) is 16.4. The Hall–Kier alpha value is -1.97. The molecule has 1 N–H and O–H groups in total. The van der Waals surface area contributed by atoms with Crippen LogP contribution in [0.15, 0.2) is 35.9 Å². The topological polar surface area (TPSA) is 47.6 Å². The van der Waals surface area contributed by atoms with Crippen molar-refractivity contribution in [2.75, 3.05) is 13.7 Å². The highest BCUT2D eigenvalue weighted by Crippen LogP contribution is 2.20. The summed E-state index contributed by atoms with van der Waals surface area (Å²) in [5.41, 5.74) is 1.47. The Morgan fingerprint density at radius 1 is 1.32 bits per heavy atom. The predicted octanol–water partition coefficient (Wildman–Crippen LogP) is 3.47. The van der Waals surface area contributed by atoms with Gasteiger partial charge in [-0.1, -0.05) is 17.7 Å². The molecule has 0 aliphatic heterocycles. The number of hydrogen-bond acceptors (Lipinski definition) is 3. The zero-order chi connectivity index (χ0) is 15.8. The number of methoxy groups -OCH3 is 1. The molecule has 1 aliphatic rings. The Kier molecular flexibility index (Phi) is 6.31. The molecule has 4 heteroatoms. The number of allylic oxidation sites excluding steroid dienone is 1. The van der Waals surface area contributed by atoms with E-state index >= 15 is 0 Å². The summed E-state index contributed by atoms with van der Waals surface area (Å²) < 4.78 is 10.8. The smallest absolute Gasteiger partial charge is 0.260 e. The molecule has 1 aromatic rings. The third-order valence-electron chi connectivity index (χ3n) is 3.85. The number of rotatable bonds is 7. The summed E-state index contributed by atoms with van der Waals surface area (Å²) in [5, 5.41) is 2.94. The van der Waals surface area contributed by atoms with E-state index in [1.165, 1.54) is 31.3 Å². The summed E-state index contributed by atoms with van der Waals surface area (Å²) in [4.78, 5) is 12.1. The summed E-state index contributed by atoms with van der Waals surface area (Å²) in [6.07, 6.45) is 7.65. The Labute approximate surface area is 132 Å². The molecule has 1 aliphatic carbocycles. The molecular formula is C18H25NO3. The predicted molar refractivity (Wildman–Crippen MR) is 87.3 cm³/mol. The third kappa shape index (κ3) is 5.10. The molecule has 0 aromatic heterocycles.